The third-order valence-electron chi connectivity index (χ3n) is 6.26. The van der Waals surface area contributed by atoms with Gasteiger partial charge >= 0.3 is 0 Å². The summed E-state index contributed by atoms with van der Waals surface area (Å²) in [6.45, 7) is 5.56. The number of nitrogens with zero attached hydrogens (tertiary/aromatic N) is 2. The second kappa shape index (κ2) is 10.9. The van der Waals surface area contributed by atoms with Crippen molar-refractivity contribution < 1.29 is 23.7 Å². The van der Waals surface area contributed by atoms with Crippen molar-refractivity contribution >= 4 is 5.78 Å². The van der Waals surface area contributed by atoms with Gasteiger partial charge in [-0.2, -0.15) is 0 Å². The van der Waals surface area contributed by atoms with Gasteiger partial charge < -0.3 is 18.9 Å². The second-order valence-corrected chi connectivity index (χ2v) is 8.03. The van der Waals surface area contributed by atoms with Gasteiger partial charge in [-0.05, 0) is 17.7 Å². The standard InChI is InChI=1S/C25H32N2O5/c1-29-20-8-9-21(22(18-20)30-2)25(28)24(27-12-16-32-17-13-27)23(19-6-4-3-5-7-19)26-10-14-31-15-11-26/h3-9,18,23-24H,10-17H2,1-2H3/t23-,24+/m1/s1. The number of rotatable bonds is 8. The van der Waals surface area contributed by atoms with E-state index in [1.807, 2.05) is 30.3 Å². The molecule has 7 nitrogen and oxygen atoms in total. The lowest BCUT2D eigenvalue weighted by Gasteiger charge is -2.44. The number of ether oxygens (including phenoxy) is 4. The van der Waals surface area contributed by atoms with Crippen LogP contribution in [-0.4, -0.2) is 88.5 Å². The number of morpholine rings is 2. The number of ketones is 1. The molecule has 2 aliphatic rings. The first-order valence-electron chi connectivity index (χ1n) is 11.2. The van der Waals surface area contributed by atoms with Crippen LogP contribution in [0.4, 0.5) is 0 Å². The fraction of sp³-hybridized carbons (Fsp3) is 0.480. The summed E-state index contributed by atoms with van der Waals surface area (Å²) in [6, 6.07) is 15.3. The largest absolute Gasteiger partial charge is 0.497 e. The predicted octanol–water partition coefficient (Wildman–Crippen LogP) is 2.66. The van der Waals surface area contributed by atoms with Crippen molar-refractivity contribution in [2.45, 2.75) is 12.1 Å². The third kappa shape index (κ3) is 4.96. The molecule has 2 heterocycles. The predicted molar refractivity (Wildman–Crippen MR) is 122 cm³/mol. The summed E-state index contributed by atoms with van der Waals surface area (Å²) in [4.78, 5) is 18.9. The normalized spacial score (nSPS) is 19.8. The van der Waals surface area contributed by atoms with E-state index in [0.29, 0.717) is 56.6 Å². The van der Waals surface area contributed by atoms with Crippen LogP contribution in [0.5, 0.6) is 11.5 Å². The number of hydrogen-bond donors (Lipinski definition) is 0. The van der Waals surface area contributed by atoms with Crippen LogP contribution in [-0.2, 0) is 9.47 Å². The molecule has 32 heavy (non-hydrogen) atoms. The molecule has 7 heteroatoms. The molecular formula is C25H32N2O5. The summed E-state index contributed by atoms with van der Waals surface area (Å²) in [5, 5.41) is 0. The quantitative estimate of drug-likeness (QED) is 0.585. The molecule has 4 rings (SSSR count). The average Bonchev–Trinajstić information content (AvgIpc) is 2.88. The average molecular weight is 441 g/mol. The van der Waals surface area contributed by atoms with Gasteiger partial charge in [0.1, 0.15) is 11.5 Å². The minimum absolute atomic E-state index is 0.0479. The summed E-state index contributed by atoms with van der Waals surface area (Å²) in [7, 11) is 3.20. The van der Waals surface area contributed by atoms with Crippen LogP contribution in [0.15, 0.2) is 48.5 Å². The van der Waals surface area contributed by atoms with E-state index in [-0.39, 0.29) is 17.9 Å². The van der Waals surface area contributed by atoms with E-state index in [2.05, 4.69) is 21.9 Å². The van der Waals surface area contributed by atoms with Crippen molar-refractivity contribution in [3.8, 4) is 11.5 Å². The maximum Gasteiger partial charge on any atom is 0.185 e. The van der Waals surface area contributed by atoms with E-state index in [9.17, 15) is 4.79 Å². The Morgan fingerprint density at radius 1 is 0.844 bits per heavy atom. The molecule has 0 saturated carbocycles. The van der Waals surface area contributed by atoms with Crippen LogP contribution in [0.1, 0.15) is 22.0 Å². The molecule has 0 aromatic heterocycles. The van der Waals surface area contributed by atoms with Gasteiger partial charge in [0.05, 0.1) is 58.3 Å². The first-order valence-corrected chi connectivity index (χ1v) is 11.2. The minimum atomic E-state index is -0.373. The van der Waals surface area contributed by atoms with E-state index in [1.165, 1.54) is 0 Å². The van der Waals surface area contributed by atoms with Gasteiger partial charge in [-0.1, -0.05) is 30.3 Å². The van der Waals surface area contributed by atoms with Crippen LogP contribution in [0.25, 0.3) is 0 Å². The van der Waals surface area contributed by atoms with E-state index in [0.717, 1.165) is 18.7 Å². The number of methoxy groups -OCH3 is 2. The van der Waals surface area contributed by atoms with Crippen LogP contribution < -0.4 is 9.47 Å². The summed E-state index contributed by atoms with van der Waals surface area (Å²) in [5.74, 6) is 1.24. The van der Waals surface area contributed by atoms with Gasteiger partial charge in [-0.3, -0.25) is 14.6 Å². The van der Waals surface area contributed by atoms with Gasteiger partial charge in [0.2, 0.25) is 0 Å². The Morgan fingerprint density at radius 3 is 2.06 bits per heavy atom. The van der Waals surface area contributed by atoms with Crippen molar-refractivity contribution in [2.24, 2.45) is 0 Å². The first kappa shape index (κ1) is 22.7. The number of carbonyl (C=O) groups excluding carboxylic acids is 1. The lowest BCUT2D eigenvalue weighted by atomic mass is 9.89. The topological polar surface area (TPSA) is 60.5 Å². The zero-order valence-corrected chi connectivity index (χ0v) is 18.9. The van der Waals surface area contributed by atoms with E-state index in [4.69, 9.17) is 18.9 Å². The van der Waals surface area contributed by atoms with Crippen LogP contribution in [0.2, 0.25) is 0 Å². The molecule has 0 radical (unpaired) electrons. The van der Waals surface area contributed by atoms with Crippen LogP contribution >= 0.6 is 0 Å². The fourth-order valence-corrected chi connectivity index (χ4v) is 4.62. The Labute approximate surface area is 189 Å². The molecule has 0 spiro atoms. The zero-order valence-electron chi connectivity index (χ0n) is 18.9. The number of hydrogen-bond acceptors (Lipinski definition) is 7. The molecule has 2 fully saturated rings. The maximum absolute atomic E-state index is 14.2. The molecule has 0 N–H and O–H groups in total. The van der Waals surface area contributed by atoms with Gasteiger partial charge in [-0.15, -0.1) is 0 Å². The molecular weight excluding hydrogens is 408 g/mol. The van der Waals surface area contributed by atoms with Crippen molar-refractivity contribution in [1.29, 1.82) is 0 Å². The van der Waals surface area contributed by atoms with Crippen molar-refractivity contribution in [3.63, 3.8) is 0 Å². The molecule has 0 bridgehead atoms. The highest BCUT2D eigenvalue weighted by molar-refractivity contribution is 6.03. The fourth-order valence-electron chi connectivity index (χ4n) is 4.62. The van der Waals surface area contributed by atoms with Gasteiger partial charge in [0.15, 0.2) is 5.78 Å². The summed E-state index contributed by atoms with van der Waals surface area (Å²) < 4.78 is 22.2. The molecule has 0 unspecified atom stereocenters. The Kier molecular flexibility index (Phi) is 7.76. The lowest BCUT2D eigenvalue weighted by Crippen LogP contribution is -2.55. The highest BCUT2D eigenvalue weighted by atomic mass is 16.5. The van der Waals surface area contributed by atoms with Crippen molar-refractivity contribution in [2.75, 3.05) is 66.8 Å². The highest BCUT2D eigenvalue weighted by Gasteiger charge is 2.40. The van der Waals surface area contributed by atoms with Crippen molar-refractivity contribution in [1.82, 2.24) is 9.80 Å². The third-order valence-corrected chi connectivity index (χ3v) is 6.26. The van der Waals surface area contributed by atoms with Gasteiger partial charge in [0, 0.05) is 32.2 Å². The molecule has 0 aliphatic carbocycles. The first-order chi connectivity index (χ1) is 15.7. The molecule has 172 valence electrons. The molecule has 2 saturated heterocycles. The molecule has 2 aromatic carbocycles. The zero-order chi connectivity index (χ0) is 22.3. The van der Waals surface area contributed by atoms with E-state index >= 15 is 0 Å². The smallest absolute Gasteiger partial charge is 0.185 e. The molecule has 2 atom stereocenters. The van der Waals surface area contributed by atoms with Crippen LogP contribution in [0, 0.1) is 0 Å². The van der Waals surface area contributed by atoms with E-state index < -0.39 is 0 Å². The van der Waals surface area contributed by atoms with E-state index in [1.54, 1.807) is 20.3 Å². The second-order valence-electron chi connectivity index (χ2n) is 8.03. The number of carbonyl (C=O) groups is 1. The maximum atomic E-state index is 14.2. The SMILES string of the molecule is COc1ccc(C(=O)[C@H]([C@@H](c2ccccc2)N2CCOCC2)N2CCOCC2)c(OC)c1. The summed E-state index contributed by atoms with van der Waals surface area (Å²) in [6.07, 6.45) is 0. The Balaban J connectivity index is 1.78. The number of benzene rings is 2. The lowest BCUT2D eigenvalue weighted by molar-refractivity contribution is -0.0302. The molecule has 2 aliphatic heterocycles. The Morgan fingerprint density at radius 2 is 1.47 bits per heavy atom. The Hall–Kier alpha value is -2.45. The van der Waals surface area contributed by atoms with Crippen LogP contribution in [0.3, 0.4) is 0 Å². The number of Topliss-reactive ketones (excluding diaryl/α,β-unsaturated/α-hetero) is 1. The molecule has 2 aromatic rings. The monoisotopic (exact) mass is 440 g/mol. The highest BCUT2D eigenvalue weighted by Crippen LogP contribution is 2.34. The Bertz CT molecular complexity index is 879. The summed E-state index contributed by atoms with van der Waals surface area (Å²) >= 11 is 0. The summed E-state index contributed by atoms with van der Waals surface area (Å²) in [5.41, 5.74) is 1.70. The van der Waals surface area contributed by atoms with Gasteiger partial charge in [-0.25, -0.2) is 0 Å². The van der Waals surface area contributed by atoms with Gasteiger partial charge in [0.25, 0.3) is 0 Å². The molecule has 0 amide bonds. The minimum Gasteiger partial charge on any atom is -0.497 e. The van der Waals surface area contributed by atoms with Crippen molar-refractivity contribution in [3.05, 3.63) is 59.7 Å².